The molecule has 1 aromatic carbocycles. The molecule has 4 fully saturated rings. The van der Waals surface area contributed by atoms with Crippen LogP contribution in [0.4, 0.5) is 10.2 Å². The molecule has 11 heteroatoms. The summed E-state index contributed by atoms with van der Waals surface area (Å²) < 4.78 is 23.4. The van der Waals surface area contributed by atoms with Gasteiger partial charge in [0.2, 0.25) is 0 Å². The van der Waals surface area contributed by atoms with E-state index in [0.29, 0.717) is 34.8 Å². The van der Waals surface area contributed by atoms with Gasteiger partial charge in [-0.05, 0) is 87.9 Å². The summed E-state index contributed by atoms with van der Waals surface area (Å²) in [6.45, 7) is 6.34. The van der Waals surface area contributed by atoms with Gasteiger partial charge in [-0.3, -0.25) is 15.0 Å². The monoisotopic (exact) mass is 619 g/mol. The van der Waals surface area contributed by atoms with Crippen LogP contribution in [0.5, 0.6) is 6.01 Å². The Labute approximate surface area is 261 Å². The highest BCUT2D eigenvalue weighted by Crippen LogP contribution is 2.49. The third-order valence-electron chi connectivity index (χ3n) is 10.8. The number of anilines is 1. The van der Waals surface area contributed by atoms with Gasteiger partial charge in [0, 0.05) is 35.3 Å². The van der Waals surface area contributed by atoms with Crippen LogP contribution in [0.3, 0.4) is 0 Å². The van der Waals surface area contributed by atoms with Crippen molar-refractivity contribution in [3.8, 4) is 17.3 Å². The van der Waals surface area contributed by atoms with Crippen LogP contribution in [-0.4, -0.2) is 79.6 Å². The highest BCUT2D eigenvalue weighted by molar-refractivity contribution is 6.33. The topological polar surface area (TPSA) is 103 Å². The maximum absolute atomic E-state index is 17.0. The van der Waals surface area contributed by atoms with Crippen LogP contribution in [0.1, 0.15) is 70.3 Å². The number of halogens is 2. The molecule has 8 rings (SSSR count). The molecule has 0 bridgehead atoms. The Morgan fingerprint density at radius 1 is 1.09 bits per heavy atom. The van der Waals surface area contributed by atoms with Crippen LogP contribution in [-0.2, 0) is 6.42 Å². The van der Waals surface area contributed by atoms with Crippen LogP contribution in [0.15, 0.2) is 18.5 Å². The Balaban J connectivity index is 1.26. The predicted molar refractivity (Wildman–Crippen MR) is 169 cm³/mol. The largest absolute Gasteiger partial charge is 0.461 e. The van der Waals surface area contributed by atoms with Gasteiger partial charge in [-0.2, -0.15) is 15.1 Å². The fraction of sp³-hybridized carbons (Fsp3) is 0.576. The molecule has 3 aliphatic heterocycles. The van der Waals surface area contributed by atoms with Gasteiger partial charge >= 0.3 is 6.01 Å². The lowest BCUT2D eigenvalue weighted by Gasteiger charge is -2.51. The Morgan fingerprint density at radius 3 is 2.66 bits per heavy atom. The van der Waals surface area contributed by atoms with Gasteiger partial charge in [-0.15, -0.1) is 0 Å². The van der Waals surface area contributed by atoms with E-state index in [9.17, 15) is 5.11 Å². The second-order valence-corrected chi connectivity index (χ2v) is 14.0. The van der Waals surface area contributed by atoms with E-state index in [2.05, 4.69) is 26.9 Å². The Hall–Kier alpha value is -3.08. The van der Waals surface area contributed by atoms with E-state index in [4.69, 9.17) is 31.3 Å². The minimum absolute atomic E-state index is 0.0143. The number of benzene rings is 1. The fourth-order valence-electron chi connectivity index (χ4n) is 8.69. The quantitative estimate of drug-likeness (QED) is 0.257. The van der Waals surface area contributed by atoms with Gasteiger partial charge in [0.15, 0.2) is 5.82 Å². The molecular weight excluding hydrogens is 581 g/mol. The van der Waals surface area contributed by atoms with Crippen molar-refractivity contribution in [2.45, 2.75) is 82.8 Å². The third-order valence-corrected chi connectivity index (χ3v) is 11.1. The van der Waals surface area contributed by atoms with Crippen molar-refractivity contribution in [1.82, 2.24) is 30.0 Å². The van der Waals surface area contributed by atoms with Crippen molar-refractivity contribution in [2.75, 3.05) is 37.7 Å². The third kappa shape index (κ3) is 4.55. The number of nitrogens with one attached hydrogen (secondary N) is 1. The first kappa shape index (κ1) is 28.4. The highest BCUT2D eigenvalue weighted by Gasteiger charge is 2.47. The first-order valence-electron chi connectivity index (χ1n) is 16.2. The van der Waals surface area contributed by atoms with Crippen LogP contribution in [0.25, 0.3) is 33.1 Å². The zero-order chi connectivity index (χ0) is 30.1. The molecule has 1 spiro atoms. The molecule has 232 valence electrons. The number of hydrogen-bond donors (Lipinski definition) is 2. The number of aliphatic hydroxyl groups is 1. The average Bonchev–Trinajstić information content (AvgIpc) is 3.73. The number of fused-ring (bicyclic) bond motifs is 3. The summed E-state index contributed by atoms with van der Waals surface area (Å²) in [5, 5.41) is 19.3. The number of nitrogens with zero attached hydrogens (tertiary/aromatic N) is 6. The lowest BCUT2D eigenvalue weighted by Crippen LogP contribution is -2.52. The number of piperidine rings is 1. The Bertz CT molecular complexity index is 1720. The van der Waals surface area contributed by atoms with Crippen molar-refractivity contribution in [3.63, 3.8) is 0 Å². The van der Waals surface area contributed by atoms with Crippen LogP contribution < -0.4 is 9.64 Å². The number of aromatic amines is 1. The molecular formula is C33H39ClFN7O2. The minimum Gasteiger partial charge on any atom is -0.461 e. The van der Waals surface area contributed by atoms with Gasteiger partial charge < -0.3 is 14.7 Å². The molecule has 1 saturated carbocycles. The predicted octanol–water partition coefficient (Wildman–Crippen LogP) is 6.06. The average molecular weight is 620 g/mol. The first-order valence-corrected chi connectivity index (χ1v) is 16.6. The van der Waals surface area contributed by atoms with Crippen molar-refractivity contribution >= 4 is 39.2 Å². The SMILES string of the molecule is CCCc1c(Cl)cc2[nH]ncc2c1-c1ncc2c(N3CCCC4(CC(O)C4)C3)nc(OCC34CCCN3CCC4)nc2c1F. The molecule has 2 N–H and O–H groups in total. The summed E-state index contributed by atoms with van der Waals surface area (Å²) in [7, 11) is 0. The summed E-state index contributed by atoms with van der Waals surface area (Å²) >= 11 is 6.75. The number of hydrogen-bond acceptors (Lipinski definition) is 8. The zero-order valence-electron chi connectivity index (χ0n) is 25.2. The first-order chi connectivity index (χ1) is 21.4. The zero-order valence-corrected chi connectivity index (χ0v) is 26.0. The summed E-state index contributed by atoms with van der Waals surface area (Å²) in [5.74, 6) is 0.148. The molecule has 4 aliphatic rings. The van der Waals surface area contributed by atoms with Crippen molar-refractivity contribution in [3.05, 3.63) is 34.9 Å². The van der Waals surface area contributed by atoms with Crippen molar-refractivity contribution < 1.29 is 14.2 Å². The molecule has 3 saturated heterocycles. The maximum atomic E-state index is 17.0. The molecule has 1 aliphatic carbocycles. The summed E-state index contributed by atoms with van der Waals surface area (Å²) in [6, 6.07) is 2.06. The summed E-state index contributed by atoms with van der Waals surface area (Å²) in [5.41, 5.74) is 2.73. The van der Waals surface area contributed by atoms with Crippen LogP contribution >= 0.6 is 11.6 Å². The van der Waals surface area contributed by atoms with E-state index in [-0.39, 0.29) is 34.3 Å². The molecule has 0 atom stereocenters. The van der Waals surface area contributed by atoms with Crippen molar-refractivity contribution in [1.29, 1.82) is 0 Å². The molecule has 6 heterocycles. The van der Waals surface area contributed by atoms with E-state index < -0.39 is 5.82 Å². The number of rotatable bonds is 7. The standard InChI is InChI=1S/C33H39ClFN7O2/c1-2-6-21-24(34)13-25-22(17-37-40-25)26(21)29-27(35)28-23(16-36-29)30(41-10-3-7-32(18-41)14-20(43)15-32)39-31(38-28)44-19-33-8-4-11-42(33)12-5-9-33/h13,16-17,20,43H,2-12,14-15,18-19H2,1H3,(H,37,40). The molecule has 44 heavy (non-hydrogen) atoms. The van der Waals surface area contributed by atoms with Gasteiger partial charge in [0.25, 0.3) is 0 Å². The summed E-state index contributed by atoms with van der Waals surface area (Å²) in [6.07, 6.45) is 12.9. The lowest BCUT2D eigenvalue weighted by molar-refractivity contribution is -0.0396. The molecule has 0 radical (unpaired) electrons. The summed E-state index contributed by atoms with van der Waals surface area (Å²) in [4.78, 5) is 19.2. The van der Waals surface area contributed by atoms with E-state index in [1.165, 1.54) is 12.8 Å². The number of ether oxygens (including phenoxy) is 1. The molecule has 4 aromatic rings. The normalized spacial score (nSPS) is 24.8. The van der Waals surface area contributed by atoms with Gasteiger partial charge in [0.05, 0.1) is 28.7 Å². The second-order valence-electron chi connectivity index (χ2n) is 13.6. The van der Waals surface area contributed by atoms with Gasteiger partial charge in [0.1, 0.15) is 23.6 Å². The van der Waals surface area contributed by atoms with Crippen molar-refractivity contribution in [2.24, 2.45) is 5.41 Å². The fourth-order valence-corrected chi connectivity index (χ4v) is 8.99. The number of H-pyrrole nitrogens is 1. The number of aliphatic hydroxyl groups excluding tert-OH is 1. The van der Waals surface area contributed by atoms with E-state index in [1.807, 2.05) is 6.07 Å². The molecule has 0 unspecified atom stereocenters. The Kier molecular flexibility index (Phi) is 6.95. The smallest absolute Gasteiger partial charge is 0.319 e. The van der Waals surface area contributed by atoms with E-state index >= 15 is 4.39 Å². The van der Waals surface area contributed by atoms with Gasteiger partial charge in [-0.1, -0.05) is 24.9 Å². The van der Waals surface area contributed by atoms with E-state index in [0.717, 1.165) is 87.6 Å². The number of pyridine rings is 1. The molecule has 9 nitrogen and oxygen atoms in total. The lowest BCUT2D eigenvalue weighted by atomic mass is 9.62. The molecule has 0 amide bonds. The van der Waals surface area contributed by atoms with Crippen LogP contribution in [0.2, 0.25) is 5.02 Å². The molecule has 3 aromatic heterocycles. The Morgan fingerprint density at radius 2 is 1.89 bits per heavy atom. The van der Waals surface area contributed by atoms with Gasteiger partial charge in [-0.25, -0.2) is 4.39 Å². The second kappa shape index (κ2) is 10.8. The van der Waals surface area contributed by atoms with Crippen LogP contribution in [0, 0.1) is 11.2 Å². The highest BCUT2D eigenvalue weighted by atomic mass is 35.5. The minimum atomic E-state index is -0.509. The maximum Gasteiger partial charge on any atom is 0.319 e. The number of aromatic nitrogens is 5. The van der Waals surface area contributed by atoms with E-state index in [1.54, 1.807) is 12.4 Å².